The van der Waals surface area contributed by atoms with Crippen LogP contribution in [0.2, 0.25) is 0 Å². The Bertz CT molecular complexity index is 658. The lowest BCUT2D eigenvalue weighted by Gasteiger charge is -2.22. The van der Waals surface area contributed by atoms with Crippen LogP contribution in [0.3, 0.4) is 0 Å². The van der Waals surface area contributed by atoms with Crippen LogP contribution in [0.15, 0.2) is 35.1 Å². The molecule has 0 atom stereocenters. The summed E-state index contributed by atoms with van der Waals surface area (Å²) >= 11 is 0. The van der Waals surface area contributed by atoms with Crippen molar-refractivity contribution in [2.45, 2.75) is 38.0 Å². The Morgan fingerprint density at radius 3 is 2.52 bits per heavy atom. The van der Waals surface area contributed by atoms with Gasteiger partial charge in [-0.25, -0.2) is 0 Å². The monoisotopic (exact) mass is 285 g/mol. The molecule has 0 aliphatic heterocycles. The first-order valence-electron chi connectivity index (χ1n) is 7.38. The minimum Gasteiger partial charge on any atom is -0.493 e. The molecule has 0 amide bonds. The summed E-state index contributed by atoms with van der Waals surface area (Å²) in [4.78, 5) is 17.6. The molecule has 3 N–H and O–H groups in total. The van der Waals surface area contributed by atoms with Crippen molar-refractivity contribution >= 4 is 11.6 Å². The fraction of sp³-hybridized carbons (Fsp3) is 0.375. The van der Waals surface area contributed by atoms with Gasteiger partial charge in [0.05, 0.1) is 6.07 Å². The Hall–Kier alpha value is -2.30. The number of nitrogens with zero attached hydrogens (tertiary/aromatic N) is 1. The molecule has 1 aliphatic rings. The maximum Gasteiger partial charge on any atom is 0.256 e. The molecular formula is C16H19N3O2. The first-order chi connectivity index (χ1) is 10.2. The number of nitrogens with one attached hydrogen (secondary N) is 2. The van der Waals surface area contributed by atoms with Crippen molar-refractivity contribution in [3.05, 3.63) is 46.2 Å². The molecule has 0 unspecified atom stereocenters. The van der Waals surface area contributed by atoms with E-state index in [4.69, 9.17) is 0 Å². The number of rotatable bonds is 3. The van der Waals surface area contributed by atoms with Crippen LogP contribution >= 0.6 is 0 Å². The third-order valence-corrected chi connectivity index (χ3v) is 3.98. The highest BCUT2D eigenvalue weighted by atomic mass is 16.3. The van der Waals surface area contributed by atoms with Crippen LogP contribution in [0.25, 0.3) is 0 Å². The second-order valence-electron chi connectivity index (χ2n) is 5.53. The minimum absolute atomic E-state index is 0.241. The van der Waals surface area contributed by atoms with Gasteiger partial charge in [0.1, 0.15) is 0 Å². The summed E-state index contributed by atoms with van der Waals surface area (Å²) in [5.41, 5.74) is 1.82. The fourth-order valence-corrected chi connectivity index (χ4v) is 2.92. The standard InChI is InChI=1S/C16H19N3O2/c20-14-10-15(21)19-16(18-14)17-13-8-6-12(7-9-13)11-4-2-1-3-5-11/h6-11H,1-5H2,(H3,17,18,19,20,21). The zero-order valence-corrected chi connectivity index (χ0v) is 11.8. The molecule has 3 rings (SSSR count). The highest BCUT2D eigenvalue weighted by Gasteiger charge is 2.15. The number of hydrogen-bond acceptors (Lipinski definition) is 4. The molecule has 0 radical (unpaired) electrons. The molecule has 0 spiro atoms. The maximum absolute atomic E-state index is 11.3. The van der Waals surface area contributed by atoms with Crippen LogP contribution in [-0.4, -0.2) is 15.1 Å². The van der Waals surface area contributed by atoms with Gasteiger partial charge in [-0.15, -0.1) is 0 Å². The Morgan fingerprint density at radius 1 is 1.14 bits per heavy atom. The van der Waals surface area contributed by atoms with E-state index in [-0.39, 0.29) is 17.4 Å². The Labute approximate surface area is 123 Å². The van der Waals surface area contributed by atoms with Crippen molar-refractivity contribution in [2.24, 2.45) is 0 Å². The molecule has 1 heterocycles. The van der Waals surface area contributed by atoms with Gasteiger partial charge in [-0.1, -0.05) is 31.4 Å². The number of anilines is 2. The Morgan fingerprint density at radius 2 is 1.86 bits per heavy atom. The Kier molecular flexibility index (Phi) is 3.90. The van der Waals surface area contributed by atoms with E-state index in [0.717, 1.165) is 11.8 Å². The predicted octanol–water partition coefficient (Wildman–Crippen LogP) is 3.27. The van der Waals surface area contributed by atoms with Crippen molar-refractivity contribution < 1.29 is 5.11 Å². The molecule has 1 fully saturated rings. The number of hydrogen-bond donors (Lipinski definition) is 3. The van der Waals surface area contributed by atoms with Crippen molar-refractivity contribution in [2.75, 3.05) is 5.32 Å². The molecule has 110 valence electrons. The summed E-state index contributed by atoms with van der Waals surface area (Å²) < 4.78 is 0. The number of H-pyrrole nitrogens is 1. The fourth-order valence-electron chi connectivity index (χ4n) is 2.92. The summed E-state index contributed by atoms with van der Waals surface area (Å²) in [7, 11) is 0. The smallest absolute Gasteiger partial charge is 0.256 e. The van der Waals surface area contributed by atoms with Gasteiger partial charge >= 0.3 is 0 Å². The SMILES string of the molecule is O=c1cc(O)nc(Nc2ccc(C3CCCCC3)cc2)[nH]1. The van der Waals surface area contributed by atoms with Crippen LogP contribution < -0.4 is 10.9 Å². The summed E-state index contributed by atoms with van der Waals surface area (Å²) in [6.07, 6.45) is 6.54. The second-order valence-corrected chi connectivity index (χ2v) is 5.53. The average molecular weight is 285 g/mol. The van der Waals surface area contributed by atoms with E-state index in [1.807, 2.05) is 12.1 Å². The van der Waals surface area contributed by atoms with E-state index in [1.54, 1.807) is 0 Å². The molecule has 5 nitrogen and oxygen atoms in total. The van der Waals surface area contributed by atoms with E-state index in [0.29, 0.717) is 5.92 Å². The lowest BCUT2D eigenvalue weighted by molar-refractivity contribution is 0.443. The van der Waals surface area contributed by atoms with E-state index < -0.39 is 0 Å². The third kappa shape index (κ3) is 3.42. The topological polar surface area (TPSA) is 78.0 Å². The van der Waals surface area contributed by atoms with Gasteiger partial charge in [-0.2, -0.15) is 4.98 Å². The van der Waals surface area contributed by atoms with Gasteiger partial charge in [-0.05, 0) is 36.5 Å². The van der Waals surface area contributed by atoms with Gasteiger partial charge < -0.3 is 10.4 Å². The van der Waals surface area contributed by atoms with Crippen molar-refractivity contribution in [1.82, 2.24) is 9.97 Å². The molecule has 0 saturated heterocycles. The van der Waals surface area contributed by atoms with E-state index in [1.165, 1.54) is 37.7 Å². The average Bonchev–Trinajstić information content (AvgIpc) is 2.48. The maximum atomic E-state index is 11.3. The molecule has 21 heavy (non-hydrogen) atoms. The van der Waals surface area contributed by atoms with Crippen LogP contribution in [-0.2, 0) is 0 Å². The molecular weight excluding hydrogens is 266 g/mol. The van der Waals surface area contributed by atoms with Gasteiger partial charge in [0, 0.05) is 5.69 Å². The number of aromatic hydroxyl groups is 1. The largest absolute Gasteiger partial charge is 0.493 e. The Balaban J connectivity index is 1.73. The number of aromatic nitrogens is 2. The van der Waals surface area contributed by atoms with E-state index >= 15 is 0 Å². The number of benzene rings is 1. The number of aromatic amines is 1. The summed E-state index contributed by atoms with van der Waals surface area (Å²) in [5, 5.41) is 12.3. The quantitative estimate of drug-likeness (QED) is 0.808. The van der Waals surface area contributed by atoms with Gasteiger partial charge in [-0.3, -0.25) is 9.78 Å². The zero-order valence-electron chi connectivity index (χ0n) is 11.8. The van der Waals surface area contributed by atoms with Gasteiger partial charge in [0.25, 0.3) is 5.56 Å². The van der Waals surface area contributed by atoms with Crippen LogP contribution in [0, 0.1) is 0 Å². The molecule has 2 aromatic rings. The van der Waals surface area contributed by atoms with Crippen molar-refractivity contribution in [3.8, 4) is 5.88 Å². The molecule has 0 bridgehead atoms. The van der Waals surface area contributed by atoms with Gasteiger partial charge in [0.15, 0.2) is 0 Å². The summed E-state index contributed by atoms with van der Waals surface area (Å²) in [6, 6.07) is 9.25. The molecule has 1 aromatic carbocycles. The van der Waals surface area contributed by atoms with E-state index in [9.17, 15) is 9.90 Å². The van der Waals surface area contributed by atoms with Crippen LogP contribution in [0.4, 0.5) is 11.6 Å². The molecule has 1 aromatic heterocycles. The zero-order chi connectivity index (χ0) is 14.7. The lowest BCUT2D eigenvalue weighted by Crippen LogP contribution is -2.09. The summed E-state index contributed by atoms with van der Waals surface area (Å²) in [5.74, 6) is 0.622. The first kappa shape index (κ1) is 13.7. The van der Waals surface area contributed by atoms with Crippen molar-refractivity contribution in [1.29, 1.82) is 0 Å². The van der Waals surface area contributed by atoms with Crippen molar-refractivity contribution in [3.63, 3.8) is 0 Å². The third-order valence-electron chi connectivity index (χ3n) is 3.98. The lowest BCUT2D eigenvalue weighted by atomic mass is 9.84. The normalized spacial score (nSPS) is 15.8. The predicted molar refractivity (Wildman–Crippen MR) is 82.1 cm³/mol. The molecule has 1 saturated carbocycles. The summed E-state index contributed by atoms with van der Waals surface area (Å²) in [6.45, 7) is 0. The van der Waals surface area contributed by atoms with E-state index in [2.05, 4.69) is 27.4 Å². The highest BCUT2D eigenvalue weighted by Crippen LogP contribution is 2.33. The highest BCUT2D eigenvalue weighted by molar-refractivity contribution is 5.54. The van der Waals surface area contributed by atoms with Crippen LogP contribution in [0.5, 0.6) is 5.88 Å². The minimum atomic E-state index is -0.385. The van der Waals surface area contributed by atoms with Crippen LogP contribution in [0.1, 0.15) is 43.6 Å². The van der Waals surface area contributed by atoms with Gasteiger partial charge in [0.2, 0.25) is 11.8 Å². The molecule has 1 aliphatic carbocycles. The molecule has 5 heteroatoms. The first-order valence-corrected chi connectivity index (χ1v) is 7.38. The second kappa shape index (κ2) is 5.99.